The Morgan fingerprint density at radius 2 is 2.16 bits per heavy atom. The molecular weight excluding hydrogens is 242 g/mol. The van der Waals surface area contributed by atoms with Crippen LogP contribution in [0.15, 0.2) is 28.8 Å². The van der Waals surface area contributed by atoms with E-state index in [0.29, 0.717) is 18.3 Å². The van der Waals surface area contributed by atoms with Gasteiger partial charge < -0.3 is 9.42 Å². The molecule has 1 amide bonds. The minimum Gasteiger partial charge on any atom is -0.339 e. The predicted octanol–water partition coefficient (Wildman–Crippen LogP) is 2.28. The Morgan fingerprint density at radius 3 is 2.74 bits per heavy atom. The first-order valence-corrected chi connectivity index (χ1v) is 6.26. The fraction of sp³-hybridized carbons (Fsp3) is 0.357. The van der Waals surface area contributed by atoms with E-state index in [0.717, 1.165) is 11.3 Å². The molecule has 0 atom stereocenters. The Bertz CT molecular complexity index is 578. The average molecular weight is 259 g/mol. The molecule has 0 aliphatic rings. The van der Waals surface area contributed by atoms with E-state index >= 15 is 0 Å². The summed E-state index contributed by atoms with van der Waals surface area (Å²) in [6.45, 7) is 6.29. The van der Waals surface area contributed by atoms with Crippen molar-refractivity contribution in [3.8, 4) is 0 Å². The van der Waals surface area contributed by atoms with E-state index in [-0.39, 0.29) is 12.3 Å². The third kappa shape index (κ3) is 3.19. The molecule has 0 saturated carbocycles. The third-order valence-electron chi connectivity index (χ3n) is 2.80. The molecule has 0 radical (unpaired) electrons. The molecule has 0 saturated heterocycles. The molecule has 5 nitrogen and oxygen atoms in total. The lowest BCUT2D eigenvalue weighted by Crippen LogP contribution is -2.32. The molecular formula is C14H17N3O2. The van der Waals surface area contributed by atoms with Crippen LogP contribution in [0, 0.1) is 13.8 Å². The molecule has 0 fully saturated rings. The summed E-state index contributed by atoms with van der Waals surface area (Å²) in [7, 11) is 0. The molecule has 2 rings (SSSR count). The van der Waals surface area contributed by atoms with Gasteiger partial charge in [-0.1, -0.05) is 17.3 Å². The molecule has 0 spiro atoms. The lowest BCUT2D eigenvalue weighted by atomic mass is 10.2. The van der Waals surface area contributed by atoms with Gasteiger partial charge in [0.1, 0.15) is 6.42 Å². The maximum atomic E-state index is 12.3. The number of rotatable bonds is 4. The Morgan fingerprint density at radius 1 is 1.37 bits per heavy atom. The third-order valence-corrected chi connectivity index (χ3v) is 2.80. The van der Waals surface area contributed by atoms with E-state index in [1.165, 1.54) is 0 Å². The van der Waals surface area contributed by atoms with Gasteiger partial charge in [-0.15, -0.1) is 0 Å². The molecule has 0 aliphatic carbocycles. The number of aromatic nitrogens is 2. The first-order valence-electron chi connectivity index (χ1n) is 6.26. The summed E-state index contributed by atoms with van der Waals surface area (Å²) in [5.41, 5.74) is 2.01. The van der Waals surface area contributed by atoms with E-state index in [1.54, 1.807) is 11.8 Å². The second-order valence-corrected chi connectivity index (χ2v) is 4.39. The molecule has 2 aromatic rings. The Hall–Kier alpha value is -2.17. The van der Waals surface area contributed by atoms with Gasteiger partial charge in [-0.2, -0.15) is 4.98 Å². The number of nitrogens with zero attached hydrogens (tertiary/aromatic N) is 3. The van der Waals surface area contributed by atoms with E-state index < -0.39 is 0 Å². The number of amides is 1. The van der Waals surface area contributed by atoms with Crippen LogP contribution in [0.2, 0.25) is 0 Å². The maximum Gasteiger partial charge on any atom is 0.236 e. The number of hydrogen-bond donors (Lipinski definition) is 0. The largest absolute Gasteiger partial charge is 0.339 e. The molecule has 0 unspecified atom stereocenters. The van der Waals surface area contributed by atoms with E-state index in [9.17, 15) is 4.79 Å². The highest BCUT2D eigenvalue weighted by atomic mass is 16.5. The first-order chi connectivity index (χ1) is 9.10. The molecule has 19 heavy (non-hydrogen) atoms. The van der Waals surface area contributed by atoms with Crippen LogP contribution < -0.4 is 4.90 Å². The molecule has 0 bridgehead atoms. The summed E-state index contributed by atoms with van der Waals surface area (Å²) in [5, 5.41) is 3.68. The summed E-state index contributed by atoms with van der Waals surface area (Å²) < 4.78 is 4.98. The molecule has 1 aromatic heterocycles. The fourth-order valence-electron chi connectivity index (χ4n) is 1.94. The number of anilines is 1. The van der Waals surface area contributed by atoms with Crippen molar-refractivity contribution in [1.82, 2.24) is 10.1 Å². The van der Waals surface area contributed by atoms with Crippen LogP contribution in [-0.4, -0.2) is 22.6 Å². The number of benzene rings is 1. The topological polar surface area (TPSA) is 59.2 Å². The van der Waals surface area contributed by atoms with Gasteiger partial charge in [0.05, 0.1) is 0 Å². The van der Waals surface area contributed by atoms with Crippen LogP contribution >= 0.6 is 0 Å². The van der Waals surface area contributed by atoms with Gasteiger partial charge in [0.2, 0.25) is 11.8 Å². The normalized spacial score (nSPS) is 10.5. The lowest BCUT2D eigenvalue weighted by Gasteiger charge is -2.20. The van der Waals surface area contributed by atoms with Crippen LogP contribution in [-0.2, 0) is 11.2 Å². The van der Waals surface area contributed by atoms with Crippen molar-refractivity contribution in [2.75, 3.05) is 11.4 Å². The molecule has 1 heterocycles. The lowest BCUT2D eigenvalue weighted by molar-refractivity contribution is -0.118. The van der Waals surface area contributed by atoms with Crippen molar-refractivity contribution in [2.24, 2.45) is 0 Å². The summed E-state index contributed by atoms with van der Waals surface area (Å²) >= 11 is 0. The number of carbonyl (C=O) groups excluding carboxylic acids is 1. The van der Waals surface area contributed by atoms with Crippen molar-refractivity contribution < 1.29 is 9.32 Å². The van der Waals surface area contributed by atoms with Crippen molar-refractivity contribution in [2.45, 2.75) is 27.2 Å². The van der Waals surface area contributed by atoms with Gasteiger partial charge in [0.25, 0.3) is 0 Å². The number of aryl methyl sites for hydroxylation is 2. The summed E-state index contributed by atoms with van der Waals surface area (Å²) in [4.78, 5) is 18.0. The zero-order valence-electron chi connectivity index (χ0n) is 11.4. The van der Waals surface area contributed by atoms with Gasteiger partial charge >= 0.3 is 0 Å². The zero-order chi connectivity index (χ0) is 13.8. The minimum atomic E-state index is -0.0447. The van der Waals surface area contributed by atoms with Crippen molar-refractivity contribution in [3.63, 3.8) is 0 Å². The van der Waals surface area contributed by atoms with Crippen LogP contribution in [0.5, 0.6) is 0 Å². The van der Waals surface area contributed by atoms with Crippen LogP contribution in [0.3, 0.4) is 0 Å². The van der Waals surface area contributed by atoms with Gasteiger partial charge in [0, 0.05) is 12.2 Å². The first kappa shape index (κ1) is 13.3. The number of likely N-dealkylation sites (N-methyl/N-ethyl adjacent to an activating group) is 1. The molecule has 5 heteroatoms. The summed E-state index contributed by atoms with van der Waals surface area (Å²) in [6.07, 6.45) is 0.128. The van der Waals surface area contributed by atoms with E-state index in [4.69, 9.17) is 4.52 Å². The molecule has 100 valence electrons. The second kappa shape index (κ2) is 5.65. The Balaban J connectivity index is 2.15. The average Bonchev–Trinajstić information content (AvgIpc) is 2.75. The second-order valence-electron chi connectivity index (χ2n) is 4.39. The SMILES string of the molecule is CCN(C(=O)Cc1nc(C)no1)c1cccc(C)c1. The van der Waals surface area contributed by atoms with Gasteiger partial charge in [-0.05, 0) is 38.5 Å². The number of hydrogen-bond acceptors (Lipinski definition) is 4. The fourth-order valence-corrected chi connectivity index (χ4v) is 1.94. The maximum absolute atomic E-state index is 12.3. The Labute approximate surface area is 112 Å². The zero-order valence-corrected chi connectivity index (χ0v) is 11.4. The summed E-state index contributed by atoms with van der Waals surface area (Å²) in [6, 6.07) is 7.86. The standard InChI is InChI=1S/C14H17N3O2/c1-4-17(12-7-5-6-10(2)8-12)14(18)9-13-15-11(3)16-19-13/h5-8H,4,9H2,1-3H3. The molecule has 1 aromatic carbocycles. The Kier molecular flexibility index (Phi) is 3.94. The molecule has 0 N–H and O–H groups in total. The van der Waals surface area contributed by atoms with Gasteiger partial charge in [-0.3, -0.25) is 4.79 Å². The van der Waals surface area contributed by atoms with Crippen LogP contribution in [0.1, 0.15) is 24.2 Å². The smallest absolute Gasteiger partial charge is 0.236 e. The van der Waals surface area contributed by atoms with E-state index in [1.807, 2.05) is 38.1 Å². The highest BCUT2D eigenvalue weighted by Crippen LogP contribution is 2.16. The van der Waals surface area contributed by atoms with Crippen molar-refractivity contribution in [3.05, 3.63) is 41.5 Å². The van der Waals surface area contributed by atoms with Gasteiger partial charge in [-0.25, -0.2) is 0 Å². The summed E-state index contributed by atoms with van der Waals surface area (Å²) in [5.74, 6) is 0.853. The van der Waals surface area contributed by atoms with Crippen molar-refractivity contribution in [1.29, 1.82) is 0 Å². The number of carbonyl (C=O) groups is 1. The quantitative estimate of drug-likeness (QED) is 0.845. The van der Waals surface area contributed by atoms with Crippen LogP contribution in [0.25, 0.3) is 0 Å². The minimum absolute atomic E-state index is 0.0447. The monoisotopic (exact) mass is 259 g/mol. The highest BCUT2D eigenvalue weighted by molar-refractivity contribution is 5.94. The van der Waals surface area contributed by atoms with Gasteiger partial charge in [0.15, 0.2) is 5.82 Å². The predicted molar refractivity (Wildman–Crippen MR) is 71.9 cm³/mol. The van der Waals surface area contributed by atoms with E-state index in [2.05, 4.69) is 10.1 Å². The van der Waals surface area contributed by atoms with Crippen molar-refractivity contribution >= 4 is 11.6 Å². The highest BCUT2D eigenvalue weighted by Gasteiger charge is 2.17. The molecule has 0 aliphatic heterocycles. The van der Waals surface area contributed by atoms with Crippen LogP contribution in [0.4, 0.5) is 5.69 Å².